The molecule has 0 saturated heterocycles. The van der Waals surface area contributed by atoms with Crippen LogP contribution in [0.4, 0.5) is 4.79 Å². The van der Waals surface area contributed by atoms with E-state index in [2.05, 4.69) is 10.1 Å². The van der Waals surface area contributed by atoms with E-state index in [1.807, 2.05) is 0 Å². The molecule has 2 N–H and O–H groups in total. The topological polar surface area (TPSA) is 147 Å². The number of aryl methyl sites for hydroxylation is 1. The largest absolute Gasteiger partial charge is 0.464 e. The van der Waals surface area contributed by atoms with Crippen molar-refractivity contribution in [2.75, 3.05) is 0 Å². The Morgan fingerprint density at radius 1 is 1.41 bits per heavy atom. The fourth-order valence-corrected chi connectivity index (χ4v) is 6.21. The van der Waals surface area contributed by atoms with E-state index in [1.165, 1.54) is 10.9 Å². The van der Waals surface area contributed by atoms with Crippen LogP contribution in [-0.4, -0.2) is 48.8 Å². The van der Waals surface area contributed by atoms with E-state index in [9.17, 15) is 27.9 Å². The summed E-state index contributed by atoms with van der Waals surface area (Å²) in [6.07, 6.45) is 2.45. The van der Waals surface area contributed by atoms with Gasteiger partial charge in [0.2, 0.25) is 0 Å². The molecule has 0 aliphatic heterocycles. The molecule has 0 bridgehead atoms. The molecule has 11 nitrogen and oxygen atoms in total. The van der Waals surface area contributed by atoms with E-state index in [1.54, 1.807) is 20.2 Å². The number of amides is 1. The van der Waals surface area contributed by atoms with Crippen LogP contribution < -0.4 is 11.2 Å². The van der Waals surface area contributed by atoms with Gasteiger partial charge in [-0.3, -0.25) is 19.0 Å². The van der Waals surface area contributed by atoms with E-state index in [-0.39, 0.29) is 21.0 Å². The van der Waals surface area contributed by atoms with Gasteiger partial charge in [0, 0.05) is 18.8 Å². The Labute approximate surface area is 167 Å². The van der Waals surface area contributed by atoms with Gasteiger partial charge < -0.3 is 5.11 Å². The number of aromatic amines is 1. The van der Waals surface area contributed by atoms with Gasteiger partial charge in [-0.05, 0) is 25.8 Å². The first-order valence-electron chi connectivity index (χ1n) is 8.55. The molecule has 0 atom stereocenters. The Morgan fingerprint density at radius 3 is 2.66 bits per heavy atom. The number of nitrogens with one attached hydrogen (secondary N) is 1. The Hall–Kier alpha value is -2.93. The van der Waals surface area contributed by atoms with Crippen LogP contribution in [0.25, 0.3) is 10.2 Å². The van der Waals surface area contributed by atoms with Crippen molar-refractivity contribution in [3.63, 3.8) is 0 Å². The number of carbonyl (C=O) groups is 1. The number of sulfonamides is 1. The van der Waals surface area contributed by atoms with Gasteiger partial charge in [-0.2, -0.15) is 17.8 Å². The lowest BCUT2D eigenvalue weighted by atomic mass is 10.3. The Balaban J connectivity index is 1.82. The summed E-state index contributed by atoms with van der Waals surface area (Å²) in [6.45, 7) is 1.52. The third-order valence-corrected chi connectivity index (χ3v) is 8.31. The minimum atomic E-state index is -4.39. The lowest BCUT2D eigenvalue weighted by molar-refractivity contribution is 0.159. The third-order valence-electron chi connectivity index (χ3n) is 4.88. The first kappa shape index (κ1) is 19.4. The zero-order valence-electron chi connectivity index (χ0n) is 15.4. The molecule has 0 radical (unpaired) electrons. The highest BCUT2D eigenvalue weighted by Gasteiger charge is 2.52. The van der Waals surface area contributed by atoms with Crippen molar-refractivity contribution in [1.82, 2.24) is 23.6 Å². The lowest BCUT2D eigenvalue weighted by Crippen LogP contribution is -2.43. The van der Waals surface area contributed by atoms with Crippen LogP contribution in [0.2, 0.25) is 0 Å². The van der Waals surface area contributed by atoms with Crippen LogP contribution in [0.15, 0.2) is 32.3 Å². The van der Waals surface area contributed by atoms with Crippen LogP contribution in [0.3, 0.4) is 0 Å². The Kier molecular flexibility index (Phi) is 4.20. The molecule has 29 heavy (non-hydrogen) atoms. The normalized spacial score (nSPS) is 15.5. The van der Waals surface area contributed by atoms with Crippen LogP contribution in [-0.2, 0) is 23.6 Å². The SMILES string of the molecule is Cn1cc(Cn2c(=O)[nH]c3sc(S(=O)(=O)N(C(=O)O)C4(C)CC4)cc3c2=O)cn1. The number of fused-ring (bicyclic) bond motifs is 1. The number of rotatable bonds is 5. The number of carboxylic acid groups (broad SMARTS) is 1. The van der Waals surface area contributed by atoms with Crippen molar-refractivity contribution >= 4 is 37.7 Å². The van der Waals surface area contributed by atoms with Crippen molar-refractivity contribution in [2.45, 2.75) is 36.1 Å². The molecule has 1 aliphatic carbocycles. The van der Waals surface area contributed by atoms with Crippen LogP contribution in [0, 0.1) is 0 Å². The van der Waals surface area contributed by atoms with Crippen molar-refractivity contribution in [3.8, 4) is 0 Å². The summed E-state index contributed by atoms with van der Waals surface area (Å²) < 4.78 is 28.5. The molecule has 3 heterocycles. The summed E-state index contributed by atoms with van der Waals surface area (Å²) in [7, 11) is -2.69. The average Bonchev–Trinajstić information content (AvgIpc) is 3.03. The number of aromatic nitrogens is 4. The molecular formula is C16H17N5O6S2. The van der Waals surface area contributed by atoms with Gasteiger partial charge in [0.15, 0.2) is 0 Å². The molecule has 3 aromatic heterocycles. The molecule has 0 aromatic carbocycles. The highest BCUT2D eigenvalue weighted by Crippen LogP contribution is 2.45. The van der Waals surface area contributed by atoms with E-state index in [0.717, 1.165) is 10.6 Å². The Morgan fingerprint density at radius 2 is 2.10 bits per heavy atom. The molecule has 3 aromatic rings. The smallest absolute Gasteiger partial charge is 0.421 e. The van der Waals surface area contributed by atoms with Gasteiger partial charge in [-0.1, -0.05) is 0 Å². The molecule has 1 fully saturated rings. The standard InChI is InChI=1S/C16H17N5O6S2/c1-16(3-4-16)21(15(24)25)29(26,27)11-5-10-12(28-11)18-14(23)20(13(10)22)8-9-6-17-19(2)7-9/h5-7H,3-4,8H2,1-2H3,(H,18,23)(H,24,25). The number of hydrogen-bond acceptors (Lipinski definition) is 7. The Bertz CT molecular complexity index is 1360. The summed E-state index contributed by atoms with van der Waals surface area (Å²) in [6, 6.07) is 1.12. The number of nitrogens with zero attached hydrogens (tertiary/aromatic N) is 4. The minimum Gasteiger partial charge on any atom is -0.464 e. The molecule has 1 amide bonds. The zero-order valence-corrected chi connectivity index (χ0v) is 17.1. The lowest BCUT2D eigenvalue weighted by Gasteiger charge is -2.24. The first-order valence-corrected chi connectivity index (χ1v) is 10.8. The van der Waals surface area contributed by atoms with Gasteiger partial charge in [0.25, 0.3) is 15.6 Å². The summed E-state index contributed by atoms with van der Waals surface area (Å²) in [5, 5.41) is 13.4. The predicted molar refractivity (Wildman–Crippen MR) is 104 cm³/mol. The highest BCUT2D eigenvalue weighted by molar-refractivity contribution is 7.92. The van der Waals surface area contributed by atoms with Gasteiger partial charge in [-0.15, -0.1) is 11.3 Å². The summed E-state index contributed by atoms with van der Waals surface area (Å²) in [4.78, 5) is 39.4. The van der Waals surface area contributed by atoms with Gasteiger partial charge >= 0.3 is 11.8 Å². The van der Waals surface area contributed by atoms with Crippen molar-refractivity contribution in [1.29, 1.82) is 0 Å². The third kappa shape index (κ3) is 3.15. The average molecular weight is 439 g/mol. The zero-order chi connectivity index (χ0) is 21.1. The second-order valence-corrected chi connectivity index (χ2v) is 10.3. The van der Waals surface area contributed by atoms with Gasteiger partial charge in [0.05, 0.1) is 23.7 Å². The maximum atomic E-state index is 12.9. The fraction of sp³-hybridized carbons (Fsp3) is 0.375. The molecule has 0 spiro atoms. The van der Waals surface area contributed by atoms with Crippen LogP contribution in [0.1, 0.15) is 25.3 Å². The first-order chi connectivity index (χ1) is 13.5. The molecule has 1 aliphatic rings. The van der Waals surface area contributed by atoms with Crippen LogP contribution in [0.5, 0.6) is 0 Å². The van der Waals surface area contributed by atoms with Crippen molar-refractivity contribution < 1.29 is 18.3 Å². The monoisotopic (exact) mass is 439 g/mol. The van der Waals surface area contributed by atoms with Gasteiger partial charge in [-0.25, -0.2) is 9.59 Å². The van der Waals surface area contributed by atoms with E-state index in [0.29, 0.717) is 34.0 Å². The number of thiophene rings is 1. The van der Waals surface area contributed by atoms with E-state index in [4.69, 9.17) is 0 Å². The van der Waals surface area contributed by atoms with Crippen LogP contribution >= 0.6 is 11.3 Å². The van der Waals surface area contributed by atoms with E-state index >= 15 is 0 Å². The summed E-state index contributed by atoms with van der Waals surface area (Å²) >= 11 is 0.663. The maximum Gasteiger partial charge on any atom is 0.421 e. The highest BCUT2D eigenvalue weighted by atomic mass is 32.2. The quantitative estimate of drug-likeness (QED) is 0.596. The second kappa shape index (κ2) is 6.29. The predicted octanol–water partition coefficient (Wildman–Crippen LogP) is 0.754. The van der Waals surface area contributed by atoms with E-state index < -0.39 is 32.9 Å². The molecule has 13 heteroatoms. The second-order valence-electron chi connectivity index (χ2n) is 7.20. The molecular weight excluding hydrogens is 422 g/mol. The maximum absolute atomic E-state index is 12.9. The van der Waals surface area contributed by atoms with Crippen molar-refractivity contribution in [2.24, 2.45) is 7.05 Å². The molecule has 0 unspecified atom stereocenters. The number of H-pyrrole nitrogens is 1. The molecule has 1 saturated carbocycles. The fourth-order valence-electron chi connectivity index (χ4n) is 3.13. The van der Waals surface area contributed by atoms with Crippen molar-refractivity contribution in [3.05, 3.63) is 44.9 Å². The molecule has 4 rings (SSSR count). The molecule has 154 valence electrons. The van der Waals surface area contributed by atoms with Gasteiger partial charge in [0.1, 0.15) is 9.04 Å². The number of hydrogen-bond donors (Lipinski definition) is 2. The summed E-state index contributed by atoms with van der Waals surface area (Å²) in [5.41, 5.74) is -1.72. The summed E-state index contributed by atoms with van der Waals surface area (Å²) in [5.74, 6) is 0. The minimum absolute atomic E-state index is 0.00311.